The van der Waals surface area contributed by atoms with Crippen molar-refractivity contribution >= 4 is 21.4 Å². The van der Waals surface area contributed by atoms with Gasteiger partial charge in [-0.1, -0.05) is 0 Å². The number of aromatic amines is 1. The molecule has 0 saturated carbocycles. The van der Waals surface area contributed by atoms with Crippen LogP contribution in [0.3, 0.4) is 0 Å². The number of nitrogen functional groups attached to an aromatic ring is 1. The fourth-order valence-corrected chi connectivity index (χ4v) is 3.51. The normalized spacial score (nSPS) is 11.6. The molecule has 20 heavy (non-hydrogen) atoms. The van der Waals surface area contributed by atoms with E-state index >= 15 is 0 Å². The first kappa shape index (κ1) is 14.4. The second kappa shape index (κ2) is 4.82. The minimum atomic E-state index is -3.71. The van der Waals surface area contributed by atoms with Gasteiger partial charge in [0.1, 0.15) is 4.90 Å². The number of nitrogens with two attached hydrogens (primary N) is 1. The molecule has 0 saturated heterocycles. The molecule has 2 aromatic rings. The molecule has 0 aliphatic carbocycles. The van der Waals surface area contributed by atoms with Gasteiger partial charge in [-0.05, 0) is 51.0 Å². The molecule has 1 heterocycles. The van der Waals surface area contributed by atoms with Crippen molar-refractivity contribution in [2.75, 3.05) is 10.5 Å². The van der Waals surface area contributed by atoms with Gasteiger partial charge in [0.15, 0.2) is 0 Å². The lowest BCUT2D eigenvalue weighted by atomic mass is 10.1. The molecule has 0 radical (unpaired) electrons. The SMILES string of the molecule is Cc1cc(N)c(NS(=O)(=O)c2c(C)n[nH]c2C)cc1C. The van der Waals surface area contributed by atoms with Crippen LogP contribution < -0.4 is 10.5 Å². The van der Waals surface area contributed by atoms with Gasteiger partial charge in [0.2, 0.25) is 0 Å². The molecular formula is C13H18N4O2S. The van der Waals surface area contributed by atoms with Gasteiger partial charge in [-0.25, -0.2) is 8.42 Å². The zero-order chi connectivity index (χ0) is 15.1. The Hall–Kier alpha value is -2.02. The predicted octanol–water partition coefficient (Wildman–Crippen LogP) is 2.03. The highest BCUT2D eigenvalue weighted by Gasteiger charge is 2.23. The molecule has 0 fully saturated rings. The minimum absolute atomic E-state index is 0.162. The minimum Gasteiger partial charge on any atom is -0.397 e. The van der Waals surface area contributed by atoms with E-state index in [9.17, 15) is 8.42 Å². The predicted molar refractivity (Wildman–Crippen MR) is 79.2 cm³/mol. The van der Waals surface area contributed by atoms with E-state index < -0.39 is 10.0 Å². The maximum atomic E-state index is 12.4. The Morgan fingerprint density at radius 3 is 2.30 bits per heavy atom. The number of anilines is 2. The third-order valence-electron chi connectivity index (χ3n) is 3.24. The summed E-state index contributed by atoms with van der Waals surface area (Å²) in [5.41, 5.74) is 9.57. The van der Waals surface area contributed by atoms with Gasteiger partial charge in [-0.3, -0.25) is 9.82 Å². The molecule has 6 nitrogen and oxygen atoms in total. The van der Waals surface area contributed by atoms with Crippen molar-refractivity contribution in [2.24, 2.45) is 0 Å². The summed E-state index contributed by atoms with van der Waals surface area (Å²) in [6.45, 7) is 7.13. The molecule has 7 heteroatoms. The topological polar surface area (TPSA) is 101 Å². The first-order chi connectivity index (χ1) is 9.22. The Balaban J connectivity index is 2.47. The van der Waals surface area contributed by atoms with Crippen LogP contribution >= 0.6 is 0 Å². The first-order valence-corrected chi connectivity index (χ1v) is 7.62. The molecular weight excluding hydrogens is 276 g/mol. The monoisotopic (exact) mass is 294 g/mol. The van der Waals surface area contributed by atoms with Gasteiger partial charge in [0.05, 0.1) is 22.8 Å². The van der Waals surface area contributed by atoms with Crippen molar-refractivity contribution in [3.8, 4) is 0 Å². The molecule has 4 N–H and O–H groups in total. The summed E-state index contributed by atoms with van der Waals surface area (Å²) in [6, 6.07) is 3.48. The number of aromatic nitrogens is 2. The summed E-state index contributed by atoms with van der Waals surface area (Å²) in [5.74, 6) is 0. The third kappa shape index (κ3) is 2.49. The fourth-order valence-electron chi connectivity index (χ4n) is 2.06. The van der Waals surface area contributed by atoms with Crippen LogP contribution in [0.4, 0.5) is 11.4 Å². The molecule has 0 bridgehead atoms. The molecule has 0 atom stereocenters. The summed E-state index contributed by atoms with van der Waals surface area (Å²) in [6.07, 6.45) is 0. The van der Waals surface area contributed by atoms with Gasteiger partial charge in [0.25, 0.3) is 10.0 Å². The van der Waals surface area contributed by atoms with Gasteiger partial charge >= 0.3 is 0 Å². The highest BCUT2D eigenvalue weighted by Crippen LogP contribution is 2.27. The fraction of sp³-hybridized carbons (Fsp3) is 0.308. The summed E-state index contributed by atoms with van der Waals surface area (Å²) < 4.78 is 27.4. The number of nitrogens with zero attached hydrogens (tertiary/aromatic N) is 1. The lowest BCUT2D eigenvalue weighted by Crippen LogP contribution is -2.16. The van der Waals surface area contributed by atoms with Crippen LogP contribution in [0.5, 0.6) is 0 Å². The number of hydrogen-bond acceptors (Lipinski definition) is 4. The van der Waals surface area contributed by atoms with Crippen molar-refractivity contribution in [3.63, 3.8) is 0 Å². The van der Waals surface area contributed by atoms with E-state index in [0.29, 0.717) is 22.8 Å². The molecule has 108 valence electrons. The van der Waals surface area contributed by atoms with E-state index in [2.05, 4.69) is 14.9 Å². The van der Waals surface area contributed by atoms with E-state index in [1.165, 1.54) is 0 Å². The molecule has 0 aliphatic heterocycles. The lowest BCUT2D eigenvalue weighted by Gasteiger charge is -2.12. The Kier molecular flexibility index (Phi) is 3.47. The third-order valence-corrected chi connectivity index (χ3v) is 4.87. The number of H-pyrrole nitrogens is 1. The average molecular weight is 294 g/mol. The van der Waals surface area contributed by atoms with Crippen LogP contribution in [0.2, 0.25) is 0 Å². The quantitative estimate of drug-likeness (QED) is 0.754. The van der Waals surface area contributed by atoms with E-state index in [-0.39, 0.29) is 4.90 Å². The molecule has 1 aromatic carbocycles. The second-order valence-electron chi connectivity index (χ2n) is 4.89. The highest BCUT2D eigenvalue weighted by molar-refractivity contribution is 7.92. The Bertz CT molecular complexity index is 743. The summed E-state index contributed by atoms with van der Waals surface area (Å²) in [4.78, 5) is 0.162. The van der Waals surface area contributed by atoms with Crippen LogP contribution in [0.15, 0.2) is 17.0 Å². The van der Waals surface area contributed by atoms with Gasteiger partial charge in [0, 0.05) is 0 Å². The Morgan fingerprint density at radius 2 is 1.75 bits per heavy atom. The molecule has 0 unspecified atom stereocenters. The largest absolute Gasteiger partial charge is 0.397 e. The number of benzene rings is 1. The molecule has 0 aliphatic rings. The van der Waals surface area contributed by atoms with Crippen molar-refractivity contribution in [3.05, 3.63) is 34.6 Å². The van der Waals surface area contributed by atoms with E-state index in [1.54, 1.807) is 26.0 Å². The standard InChI is InChI=1S/C13H18N4O2S/c1-7-5-11(14)12(6-8(7)2)17-20(18,19)13-9(3)15-16-10(13)4/h5-6,17H,14H2,1-4H3,(H,15,16). The van der Waals surface area contributed by atoms with Gasteiger partial charge in [-0.15, -0.1) is 0 Å². The summed E-state index contributed by atoms with van der Waals surface area (Å²) in [5, 5.41) is 6.57. The van der Waals surface area contributed by atoms with Crippen molar-refractivity contribution in [1.82, 2.24) is 10.2 Å². The lowest BCUT2D eigenvalue weighted by molar-refractivity contribution is 0.600. The van der Waals surface area contributed by atoms with Gasteiger partial charge in [-0.2, -0.15) is 5.10 Å². The number of aryl methyl sites for hydroxylation is 4. The van der Waals surface area contributed by atoms with Crippen LogP contribution in [-0.2, 0) is 10.0 Å². The second-order valence-corrected chi connectivity index (χ2v) is 6.51. The molecule has 1 aromatic heterocycles. The highest BCUT2D eigenvalue weighted by atomic mass is 32.2. The number of nitrogens with one attached hydrogen (secondary N) is 2. The molecule has 0 amide bonds. The summed E-state index contributed by atoms with van der Waals surface area (Å²) in [7, 11) is -3.71. The van der Waals surface area contributed by atoms with Crippen LogP contribution in [-0.4, -0.2) is 18.6 Å². The van der Waals surface area contributed by atoms with Gasteiger partial charge < -0.3 is 5.73 Å². The first-order valence-electron chi connectivity index (χ1n) is 6.13. The van der Waals surface area contributed by atoms with E-state index in [1.807, 2.05) is 13.8 Å². The maximum absolute atomic E-state index is 12.4. The van der Waals surface area contributed by atoms with Crippen LogP contribution in [0, 0.1) is 27.7 Å². The van der Waals surface area contributed by atoms with E-state index in [0.717, 1.165) is 11.1 Å². The smallest absolute Gasteiger partial charge is 0.265 e. The number of hydrogen-bond donors (Lipinski definition) is 3. The Morgan fingerprint density at radius 1 is 1.15 bits per heavy atom. The summed E-state index contributed by atoms with van der Waals surface area (Å²) >= 11 is 0. The van der Waals surface area contributed by atoms with E-state index in [4.69, 9.17) is 5.73 Å². The molecule has 2 rings (SSSR count). The average Bonchev–Trinajstić information content (AvgIpc) is 2.66. The van der Waals surface area contributed by atoms with Crippen LogP contribution in [0.1, 0.15) is 22.5 Å². The zero-order valence-electron chi connectivity index (χ0n) is 11.9. The van der Waals surface area contributed by atoms with Crippen molar-refractivity contribution in [1.29, 1.82) is 0 Å². The Labute approximate surface area is 118 Å². The number of sulfonamides is 1. The zero-order valence-corrected chi connectivity index (χ0v) is 12.7. The number of rotatable bonds is 3. The van der Waals surface area contributed by atoms with Crippen molar-refractivity contribution < 1.29 is 8.42 Å². The maximum Gasteiger partial charge on any atom is 0.265 e. The van der Waals surface area contributed by atoms with Crippen molar-refractivity contribution in [2.45, 2.75) is 32.6 Å². The van der Waals surface area contributed by atoms with Crippen LogP contribution in [0.25, 0.3) is 0 Å². The molecule has 0 spiro atoms.